The molecular weight excluding hydrogens is 605 g/mol. The number of nitrogen functional groups attached to an aromatic ring is 2. The first-order chi connectivity index (χ1) is 19.1. The molecule has 0 fully saturated rings. The maximum absolute atomic E-state index is 10.9. The second-order valence-corrected chi connectivity index (χ2v) is 9.49. The van der Waals surface area contributed by atoms with Crippen LogP contribution in [0.3, 0.4) is 0 Å². The first kappa shape index (κ1) is 35.6. The van der Waals surface area contributed by atoms with Crippen molar-refractivity contribution in [2.75, 3.05) is 11.5 Å². The zero-order valence-electron chi connectivity index (χ0n) is 23.1. The van der Waals surface area contributed by atoms with Gasteiger partial charge in [-0.3, -0.25) is 4.79 Å². The Labute approximate surface area is 265 Å². The van der Waals surface area contributed by atoms with E-state index in [2.05, 4.69) is 12.1 Å². The fourth-order valence-corrected chi connectivity index (χ4v) is 3.73. The van der Waals surface area contributed by atoms with Crippen molar-refractivity contribution in [3.63, 3.8) is 0 Å². The van der Waals surface area contributed by atoms with Crippen LogP contribution >= 0.6 is 23.2 Å². The number of ketones is 1. The van der Waals surface area contributed by atoms with Crippen molar-refractivity contribution < 1.29 is 29.4 Å². The Bertz CT molecular complexity index is 1350. The summed E-state index contributed by atoms with van der Waals surface area (Å²) in [5, 5.41) is 11.7. The van der Waals surface area contributed by atoms with Gasteiger partial charge in [0.2, 0.25) is 0 Å². The van der Waals surface area contributed by atoms with Crippen molar-refractivity contribution in [3.05, 3.63) is 166 Å². The van der Waals surface area contributed by atoms with Crippen molar-refractivity contribution in [1.82, 2.24) is 0 Å². The molecule has 0 aliphatic heterocycles. The summed E-state index contributed by atoms with van der Waals surface area (Å²) >= 11 is 11.6. The van der Waals surface area contributed by atoms with Crippen molar-refractivity contribution in [2.24, 2.45) is 0 Å². The molecule has 41 heavy (non-hydrogen) atoms. The number of rotatable bonds is 3. The van der Waals surface area contributed by atoms with E-state index >= 15 is 0 Å². The molecule has 0 saturated heterocycles. The molecule has 5 rings (SSSR count). The van der Waals surface area contributed by atoms with Crippen molar-refractivity contribution >= 4 is 40.4 Å². The van der Waals surface area contributed by atoms with Gasteiger partial charge in [0, 0.05) is 32.5 Å². The zero-order valence-corrected chi connectivity index (χ0v) is 27.6. The van der Waals surface area contributed by atoms with Crippen molar-refractivity contribution in [2.45, 2.75) is 19.4 Å². The minimum absolute atomic E-state index is 0. The molecule has 0 aromatic heterocycles. The average molecular weight is 637 g/mol. The molecule has 5 aromatic carbocycles. The number of aliphatic hydroxyl groups is 1. The molecular formula is C34H32Cl2N2O2Zn. The van der Waals surface area contributed by atoms with E-state index < -0.39 is 5.60 Å². The summed E-state index contributed by atoms with van der Waals surface area (Å²) in [7, 11) is 0. The maximum Gasteiger partial charge on any atom is 2.00 e. The summed E-state index contributed by atoms with van der Waals surface area (Å²) in [5.74, 6) is -0.0648. The van der Waals surface area contributed by atoms with Gasteiger partial charge in [0.1, 0.15) is 5.60 Å². The van der Waals surface area contributed by atoms with Crippen molar-refractivity contribution in [3.8, 4) is 0 Å². The van der Waals surface area contributed by atoms with Crippen LogP contribution in [0.2, 0.25) is 10.0 Å². The standard InChI is InChI=1S/C14H14ClNO.C8H8ClNO.2C6H5.Zn/c1-14(17,10-5-3-2-4-6-10)12-9-11(15)7-8-13(12)16;1-5(11)7-4-6(9)2-3-8(7)10;2*1-2-4-6-5-3-1;/h2-9,17H,16H2,1H3;2-4H,10H2,1H3;2*1-5H;/q;;2*-1;+2. The second-order valence-electron chi connectivity index (χ2n) is 8.61. The normalized spacial score (nSPS) is 10.9. The number of benzene rings is 5. The number of nitrogens with two attached hydrogens (primary N) is 2. The molecule has 0 bridgehead atoms. The number of anilines is 2. The van der Waals surface area contributed by atoms with Crippen molar-refractivity contribution in [1.29, 1.82) is 0 Å². The van der Waals surface area contributed by atoms with Crippen LogP contribution in [0, 0.1) is 12.1 Å². The van der Waals surface area contributed by atoms with Gasteiger partial charge in [-0.15, -0.1) is 0 Å². The van der Waals surface area contributed by atoms with Crippen LogP contribution < -0.4 is 11.5 Å². The number of carbonyl (C=O) groups excluding carboxylic acids is 1. The van der Waals surface area contributed by atoms with Crippen LogP contribution in [0.4, 0.5) is 11.4 Å². The minimum atomic E-state index is -1.14. The van der Waals surface area contributed by atoms with Crippen LogP contribution in [0.1, 0.15) is 35.3 Å². The molecule has 1 unspecified atom stereocenters. The van der Waals surface area contributed by atoms with E-state index in [1.165, 1.54) is 6.92 Å². The molecule has 0 radical (unpaired) electrons. The van der Waals surface area contributed by atoms with E-state index in [0.29, 0.717) is 32.5 Å². The van der Waals surface area contributed by atoms with E-state index in [9.17, 15) is 9.90 Å². The Balaban J connectivity index is 0.000000299. The third-order valence-corrected chi connectivity index (χ3v) is 5.95. The minimum Gasteiger partial charge on any atom is -0.398 e. The van der Waals surface area contributed by atoms with Crippen LogP contribution in [0.25, 0.3) is 0 Å². The number of Topliss-reactive ketones (excluding diaryl/α,β-unsaturated/α-hetero) is 1. The summed E-state index contributed by atoms with van der Waals surface area (Å²) < 4.78 is 0. The molecule has 7 heteroatoms. The number of carbonyl (C=O) groups is 1. The zero-order chi connectivity index (χ0) is 29.4. The molecule has 0 heterocycles. The molecule has 0 amide bonds. The molecule has 5 N–H and O–H groups in total. The van der Waals surface area contributed by atoms with Gasteiger partial charge in [-0.25, -0.2) is 0 Å². The third kappa shape index (κ3) is 12.7. The first-order valence-electron chi connectivity index (χ1n) is 12.3. The van der Waals surface area contributed by atoms with Crippen LogP contribution in [0.5, 0.6) is 0 Å². The molecule has 4 nitrogen and oxygen atoms in total. The summed E-state index contributed by atoms with van der Waals surface area (Å²) in [5.41, 5.74) is 13.2. The molecule has 5 aromatic rings. The quantitative estimate of drug-likeness (QED) is 0.0805. The van der Waals surface area contributed by atoms with Gasteiger partial charge < -0.3 is 16.6 Å². The summed E-state index contributed by atoms with van der Waals surface area (Å²) in [6.45, 7) is 3.17. The van der Waals surface area contributed by atoms with E-state index in [1.54, 1.807) is 43.3 Å². The van der Waals surface area contributed by atoms with Gasteiger partial charge in [-0.1, -0.05) is 53.5 Å². The molecule has 0 saturated carbocycles. The molecule has 0 aliphatic rings. The number of hydrogen-bond donors (Lipinski definition) is 3. The Morgan fingerprint density at radius 2 is 1.15 bits per heavy atom. The third-order valence-electron chi connectivity index (χ3n) is 5.48. The van der Waals surface area contributed by atoms with Crippen LogP contribution in [-0.4, -0.2) is 10.9 Å². The predicted octanol–water partition coefficient (Wildman–Crippen LogP) is 8.27. The molecule has 0 spiro atoms. The summed E-state index contributed by atoms with van der Waals surface area (Å²) in [4.78, 5) is 10.9. The van der Waals surface area contributed by atoms with Gasteiger partial charge in [-0.05, 0) is 55.8 Å². The average Bonchev–Trinajstić information content (AvgIpc) is 2.99. The van der Waals surface area contributed by atoms with E-state index in [0.717, 1.165) is 5.56 Å². The van der Waals surface area contributed by atoms with Gasteiger partial charge in [0.25, 0.3) is 0 Å². The van der Waals surface area contributed by atoms with Crippen LogP contribution in [0.15, 0.2) is 127 Å². The fourth-order valence-electron chi connectivity index (χ4n) is 3.39. The second kappa shape index (κ2) is 18.8. The summed E-state index contributed by atoms with van der Waals surface area (Å²) in [6.07, 6.45) is 0. The Hall–Kier alpha value is -3.47. The topological polar surface area (TPSA) is 89.3 Å². The van der Waals surface area contributed by atoms with Gasteiger partial charge >= 0.3 is 19.5 Å². The predicted molar refractivity (Wildman–Crippen MR) is 167 cm³/mol. The van der Waals surface area contributed by atoms with E-state index in [1.807, 2.05) is 91.0 Å². The maximum atomic E-state index is 10.9. The number of halogens is 2. The van der Waals surface area contributed by atoms with Gasteiger partial charge in [0.15, 0.2) is 5.78 Å². The first-order valence-corrected chi connectivity index (χ1v) is 13.1. The monoisotopic (exact) mass is 634 g/mol. The van der Waals surface area contributed by atoms with Crippen LogP contribution in [-0.2, 0) is 25.1 Å². The largest absolute Gasteiger partial charge is 2.00 e. The smallest absolute Gasteiger partial charge is 0.398 e. The Morgan fingerprint density at radius 1 is 0.707 bits per heavy atom. The van der Waals surface area contributed by atoms with Gasteiger partial charge in [0.05, 0.1) is 0 Å². The molecule has 1 atom stereocenters. The Morgan fingerprint density at radius 3 is 1.54 bits per heavy atom. The fraction of sp³-hybridized carbons (Fsp3) is 0.0882. The SMILES string of the molecule is CC(=O)c1cc(Cl)ccc1N.CC(O)(c1ccccc1)c1cc(Cl)ccc1N.[Zn+2].[c-]1ccccc1.[c-]1ccccc1. The van der Waals surface area contributed by atoms with Gasteiger partial charge in [-0.2, -0.15) is 72.8 Å². The van der Waals surface area contributed by atoms with E-state index in [4.69, 9.17) is 34.7 Å². The Kier molecular flexibility index (Phi) is 16.3. The van der Waals surface area contributed by atoms with E-state index in [-0.39, 0.29) is 25.3 Å². The molecule has 206 valence electrons. The molecule has 0 aliphatic carbocycles. The number of hydrogen-bond acceptors (Lipinski definition) is 4. The summed E-state index contributed by atoms with van der Waals surface area (Å²) in [6, 6.07) is 44.3.